The van der Waals surface area contributed by atoms with Crippen LogP contribution in [-0.2, 0) is 0 Å². The van der Waals surface area contributed by atoms with Crippen molar-refractivity contribution >= 4 is 34.4 Å². The molecule has 8 nitrogen and oxygen atoms in total. The van der Waals surface area contributed by atoms with Crippen molar-refractivity contribution in [3.05, 3.63) is 93.3 Å². The summed E-state index contributed by atoms with van der Waals surface area (Å²) in [5.74, 6) is 1.20. The number of rotatable bonds is 3. The van der Waals surface area contributed by atoms with E-state index in [0.717, 1.165) is 5.56 Å². The molecule has 5 aromatic rings. The Morgan fingerprint density at radius 3 is 2.59 bits per heavy atom. The molecule has 0 bridgehead atoms. The molecule has 0 aliphatic heterocycles. The van der Waals surface area contributed by atoms with Crippen molar-refractivity contribution in [2.45, 2.75) is 0 Å². The maximum Gasteiger partial charge on any atom is 0.423 e. The highest BCUT2D eigenvalue weighted by molar-refractivity contribution is 5.99. The van der Waals surface area contributed by atoms with Gasteiger partial charge >= 0.3 is 11.3 Å². The van der Waals surface area contributed by atoms with E-state index in [4.69, 9.17) is 8.83 Å². The fourth-order valence-electron chi connectivity index (χ4n) is 3.06. The summed E-state index contributed by atoms with van der Waals surface area (Å²) in [7, 11) is 0. The van der Waals surface area contributed by atoms with Gasteiger partial charge in [0.05, 0.1) is 5.52 Å². The zero-order chi connectivity index (χ0) is 19.8. The first-order chi connectivity index (χ1) is 14.2. The number of imidazole rings is 1. The van der Waals surface area contributed by atoms with Crippen LogP contribution in [0.5, 0.6) is 0 Å². The van der Waals surface area contributed by atoms with E-state index in [1.165, 1.54) is 0 Å². The molecule has 0 atom stereocenters. The SMILES string of the molecule is O=c1oc2ccc3c(nc(/C=C/c4cccnc4)n3-c3ccccn3)c2oc1=O. The zero-order valence-corrected chi connectivity index (χ0v) is 14.9. The normalized spacial score (nSPS) is 11.6. The van der Waals surface area contributed by atoms with Crippen LogP contribution >= 0.6 is 0 Å². The molecule has 0 amide bonds. The summed E-state index contributed by atoms with van der Waals surface area (Å²) in [4.78, 5) is 36.3. The van der Waals surface area contributed by atoms with Crippen molar-refractivity contribution in [2.75, 3.05) is 0 Å². The van der Waals surface area contributed by atoms with Crippen molar-refractivity contribution in [3.8, 4) is 5.82 Å². The van der Waals surface area contributed by atoms with E-state index in [1.807, 2.05) is 47.1 Å². The molecule has 140 valence electrons. The molecular weight excluding hydrogens is 372 g/mol. The summed E-state index contributed by atoms with van der Waals surface area (Å²) in [6, 6.07) is 12.6. The van der Waals surface area contributed by atoms with Crippen molar-refractivity contribution in [1.82, 2.24) is 19.5 Å². The third-order valence-corrected chi connectivity index (χ3v) is 4.32. The predicted octanol–water partition coefficient (Wildman–Crippen LogP) is 3.05. The predicted molar refractivity (Wildman–Crippen MR) is 107 cm³/mol. The van der Waals surface area contributed by atoms with Crippen LogP contribution < -0.4 is 11.3 Å². The van der Waals surface area contributed by atoms with Crippen molar-refractivity contribution in [2.24, 2.45) is 0 Å². The van der Waals surface area contributed by atoms with Gasteiger partial charge in [0.1, 0.15) is 17.2 Å². The molecular formula is C21H12N4O4. The summed E-state index contributed by atoms with van der Waals surface area (Å²) in [5.41, 5.74) is 0.0595. The van der Waals surface area contributed by atoms with Gasteiger partial charge in [-0.25, -0.2) is 19.6 Å². The summed E-state index contributed by atoms with van der Waals surface area (Å²) in [5, 5.41) is 0. The van der Waals surface area contributed by atoms with Crippen LogP contribution in [0.15, 0.2) is 79.5 Å². The zero-order valence-electron chi connectivity index (χ0n) is 14.9. The minimum atomic E-state index is -1.08. The first-order valence-electron chi connectivity index (χ1n) is 8.70. The van der Waals surface area contributed by atoms with E-state index < -0.39 is 11.3 Å². The van der Waals surface area contributed by atoms with Gasteiger partial charge in [0, 0.05) is 18.6 Å². The second-order valence-electron chi connectivity index (χ2n) is 6.15. The Balaban J connectivity index is 1.81. The Labute approximate surface area is 162 Å². The quantitative estimate of drug-likeness (QED) is 0.440. The molecule has 0 radical (unpaired) electrons. The Morgan fingerprint density at radius 1 is 0.897 bits per heavy atom. The average Bonchev–Trinajstić information content (AvgIpc) is 3.13. The van der Waals surface area contributed by atoms with Crippen LogP contribution in [0, 0.1) is 0 Å². The van der Waals surface area contributed by atoms with Gasteiger partial charge in [-0.2, -0.15) is 0 Å². The van der Waals surface area contributed by atoms with Crippen LogP contribution in [0.4, 0.5) is 0 Å². The van der Waals surface area contributed by atoms with Crippen LogP contribution in [0.3, 0.4) is 0 Å². The Kier molecular flexibility index (Phi) is 3.87. The summed E-state index contributed by atoms with van der Waals surface area (Å²) < 4.78 is 12.0. The summed E-state index contributed by atoms with van der Waals surface area (Å²) in [6.45, 7) is 0. The van der Waals surface area contributed by atoms with Crippen LogP contribution in [0.25, 0.3) is 40.2 Å². The maximum atomic E-state index is 11.7. The number of pyridine rings is 2. The van der Waals surface area contributed by atoms with Gasteiger partial charge < -0.3 is 8.83 Å². The molecule has 8 heteroatoms. The van der Waals surface area contributed by atoms with Crippen molar-refractivity contribution in [3.63, 3.8) is 0 Å². The molecule has 4 heterocycles. The second-order valence-corrected chi connectivity index (χ2v) is 6.15. The first kappa shape index (κ1) is 16.8. The van der Waals surface area contributed by atoms with Crippen LogP contribution in [0.1, 0.15) is 11.4 Å². The number of fused-ring (bicyclic) bond motifs is 3. The highest BCUT2D eigenvalue weighted by Crippen LogP contribution is 2.27. The Bertz CT molecular complexity index is 1480. The number of hydrogen-bond acceptors (Lipinski definition) is 7. The molecule has 0 N–H and O–H groups in total. The minimum Gasteiger partial charge on any atom is -0.414 e. The molecule has 0 unspecified atom stereocenters. The highest BCUT2D eigenvalue weighted by Gasteiger charge is 2.17. The van der Waals surface area contributed by atoms with E-state index in [-0.39, 0.29) is 11.2 Å². The minimum absolute atomic E-state index is 0.109. The summed E-state index contributed by atoms with van der Waals surface area (Å²) >= 11 is 0. The number of aromatic nitrogens is 4. The molecule has 0 saturated carbocycles. The van der Waals surface area contributed by atoms with E-state index in [2.05, 4.69) is 15.0 Å². The Hall–Kier alpha value is -4.33. The van der Waals surface area contributed by atoms with Crippen molar-refractivity contribution < 1.29 is 8.83 Å². The average molecular weight is 384 g/mol. The lowest BCUT2D eigenvalue weighted by atomic mass is 10.2. The molecule has 29 heavy (non-hydrogen) atoms. The first-order valence-corrected chi connectivity index (χ1v) is 8.70. The summed E-state index contributed by atoms with van der Waals surface area (Å²) in [6.07, 6.45) is 8.78. The molecule has 0 aliphatic rings. The van der Waals surface area contributed by atoms with Gasteiger partial charge in [0.25, 0.3) is 0 Å². The van der Waals surface area contributed by atoms with Crippen LogP contribution in [0.2, 0.25) is 0 Å². The van der Waals surface area contributed by atoms with E-state index >= 15 is 0 Å². The molecule has 0 aliphatic carbocycles. The molecule has 4 aromatic heterocycles. The standard InChI is InChI=1S/C21H12N4O4/c26-20-21(27)29-19-15(28-20)8-7-14-18(19)24-17(9-6-13-4-3-10-22-12-13)25(14)16-5-1-2-11-23-16/h1-12H/b9-6+. The lowest BCUT2D eigenvalue weighted by Gasteiger charge is -2.05. The molecule has 5 rings (SSSR count). The van der Waals surface area contributed by atoms with Gasteiger partial charge in [0.15, 0.2) is 5.58 Å². The molecule has 0 spiro atoms. The number of nitrogens with zero attached hydrogens (tertiary/aromatic N) is 4. The third-order valence-electron chi connectivity index (χ3n) is 4.32. The maximum absolute atomic E-state index is 11.7. The van der Waals surface area contributed by atoms with Crippen molar-refractivity contribution in [1.29, 1.82) is 0 Å². The van der Waals surface area contributed by atoms with Gasteiger partial charge in [-0.05, 0) is 48.0 Å². The highest BCUT2D eigenvalue weighted by atomic mass is 16.5. The molecule has 0 saturated heterocycles. The van der Waals surface area contributed by atoms with E-state index in [1.54, 1.807) is 30.7 Å². The van der Waals surface area contributed by atoms with Gasteiger partial charge in [-0.15, -0.1) is 0 Å². The topological polar surface area (TPSA) is 104 Å². The van der Waals surface area contributed by atoms with Gasteiger partial charge in [0.2, 0.25) is 5.58 Å². The van der Waals surface area contributed by atoms with E-state index in [0.29, 0.717) is 22.7 Å². The number of benzene rings is 1. The van der Waals surface area contributed by atoms with E-state index in [9.17, 15) is 9.59 Å². The molecule has 1 aromatic carbocycles. The molecule has 0 fully saturated rings. The lowest BCUT2D eigenvalue weighted by Crippen LogP contribution is -2.20. The fourth-order valence-corrected chi connectivity index (χ4v) is 3.06. The van der Waals surface area contributed by atoms with Crippen LogP contribution in [-0.4, -0.2) is 19.5 Å². The second kappa shape index (κ2) is 6.68. The fraction of sp³-hybridized carbons (Fsp3) is 0. The Morgan fingerprint density at radius 2 is 1.79 bits per heavy atom. The monoisotopic (exact) mass is 384 g/mol. The number of hydrogen-bond donors (Lipinski definition) is 0. The lowest BCUT2D eigenvalue weighted by molar-refractivity contribution is 0.450. The smallest absolute Gasteiger partial charge is 0.414 e. The largest absolute Gasteiger partial charge is 0.423 e. The van der Waals surface area contributed by atoms with Gasteiger partial charge in [-0.3, -0.25) is 9.55 Å². The van der Waals surface area contributed by atoms with Gasteiger partial charge in [-0.1, -0.05) is 12.1 Å². The third kappa shape index (κ3) is 2.92.